The molecule has 0 radical (unpaired) electrons. The zero-order valence-electron chi connectivity index (χ0n) is 7.51. The SMILES string of the molecule is CC(CC#N)C(O)c1ccccn1. The highest BCUT2D eigenvalue weighted by atomic mass is 16.3. The summed E-state index contributed by atoms with van der Waals surface area (Å²) >= 11 is 0. The molecule has 13 heavy (non-hydrogen) atoms. The van der Waals surface area contributed by atoms with Crippen molar-refractivity contribution in [2.24, 2.45) is 5.92 Å². The van der Waals surface area contributed by atoms with E-state index in [0.29, 0.717) is 12.1 Å². The van der Waals surface area contributed by atoms with E-state index >= 15 is 0 Å². The fourth-order valence-corrected chi connectivity index (χ4v) is 1.10. The van der Waals surface area contributed by atoms with E-state index in [-0.39, 0.29) is 5.92 Å². The van der Waals surface area contributed by atoms with E-state index in [9.17, 15) is 5.11 Å². The number of aliphatic hydroxyl groups excluding tert-OH is 1. The molecule has 0 bridgehead atoms. The Morgan fingerprint density at radius 2 is 2.38 bits per heavy atom. The maximum atomic E-state index is 9.71. The minimum Gasteiger partial charge on any atom is -0.386 e. The van der Waals surface area contributed by atoms with Gasteiger partial charge in [0, 0.05) is 18.5 Å². The Morgan fingerprint density at radius 1 is 1.62 bits per heavy atom. The standard InChI is InChI=1S/C10H12N2O/c1-8(5-6-11)10(13)9-4-2-3-7-12-9/h2-4,7-8,10,13H,5H2,1H3. The maximum Gasteiger partial charge on any atom is 0.0994 e. The number of hydrogen-bond acceptors (Lipinski definition) is 3. The van der Waals surface area contributed by atoms with E-state index in [4.69, 9.17) is 5.26 Å². The predicted molar refractivity (Wildman–Crippen MR) is 48.6 cm³/mol. The molecule has 0 spiro atoms. The van der Waals surface area contributed by atoms with Crippen LogP contribution in [0.5, 0.6) is 0 Å². The normalized spacial score (nSPS) is 14.5. The molecule has 2 atom stereocenters. The van der Waals surface area contributed by atoms with E-state index in [1.807, 2.05) is 19.1 Å². The van der Waals surface area contributed by atoms with Crippen molar-refractivity contribution in [2.75, 3.05) is 0 Å². The molecule has 0 aliphatic carbocycles. The second kappa shape index (κ2) is 4.58. The summed E-state index contributed by atoms with van der Waals surface area (Å²) in [6.45, 7) is 1.84. The van der Waals surface area contributed by atoms with Crippen LogP contribution in [0.25, 0.3) is 0 Å². The van der Waals surface area contributed by atoms with Gasteiger partial charge in [-0.2, -0.15) is 5.26 Å². The second-order valence-electron chi connectivity index (χ2n) is 3.04. The first kappa shape index (κ1) is 9.69. The number of nitriles is 1. The molecule has 0 aliphatic heterocycles. The molecule has 2 unspecified atom stereocenters. The lowest BCUT2D eigenvalue weighted by atomic mass is 9.99. The molecule has 1 heterocycles. The van der Waals surface area contributed by atoms with Crippen LogP contribution in [0.2, 0.25) is 0 Å². The van der Waals surface area contributed by atoms with E-state index in [1.54, 1.807) is 18.3 Å². The van der Waals surface area contributed by atoms with Crippen molar-refractivity contribution < 1.29 is 5.11 Å². The van der Waals surface area contributed by atoms with Crippen LogP contribution in [0.4, 0.5) is 0 Å². The van der Waals surface area contributed by atoms with Gasteiger partial charge >= 0.3 is 0 Å². The summed E-state index contributed by atoms with van der Waals surface area (Å²) in [5.41, 5.74) is 0.630. The maximum absolute atomic E-state index is 9.71. The molecule has 68 valence electrons. The van der Waals surface area contributed by atoms with Gasteiger partial charge in [-0.1, -0.05) is 13.0 Å². The molecule has 0 aromatic carbocycles. The fourth-order valence-electron chi connectivity index (χ4n) is 1.10. The van der Waals surface area contributed by atoms with Gasteiger partial charge in [0.25, 0.3) is 0 Å². The molecule has 1 aromatic rings. The van der Waals surface area contributed by atoms with Crippen LogP contribution in [0.15, 0.2) is 24.4 Å². The number of aliphatic hydroxyl groups is 1. The summed E-state index contributed by atoms with van der Waals surface area (Å²) in [4.78, 5) is 4.02. The minimum atomic E-state index is -0.638. The molecule has 1 rings (SSSR count). The molecule has 3 nitrogen and oxygen atoms in total. The van der Waals surface area contributed by atoms with Crippen molar-refractivity contribution in [3.8, 4) is 6.07 Å². The minimum absolute atomic E-state index is 0.0695. The first-order chi connectivity index (χ1) is 6.25. The van der Waals surface area contributed by atoms with E-state index in [0.717, 1.165) is 0 Å². The molecule has 0 saturated heterocycles. The van der Waals surface area contributed by atoms with Crippen LogP contribution in [0.3, 0.4) is 0 Å². The van der Waals surface area contributed by atoms with Crippen LogP contribution < -0.4 is 0 Å². The van der Waals surface area contributed by atoms with Gasteiger partial charge in [-0.25, -0.2) is 0 Å². The Morgan fingerprint density at radius 3 is 2.92 bits per heavy atom. The quantitative estimate of drug-likeness (QED) is 0.762. The third kappa shape index (κ3) is 2.53. The summed E-state index contributed by atoms with van der Waals surface area (Å²) in [6.07, 6.45) is 1.34. The van der Waals surface area contributed by atoms with Crippen molar-refractivity contribution in [1.29, 1.82) is 5.26 Å². The molecular formula is C10H12N2O. The fraction of sp³-hybridized carbons (Fsp3) is 0.400. The Hall–Kier alpha value is -1.40. The van der Waals surface area contributed by atoms with E-state index < -0.39 is 6.10 Å². The van der Waals surface area contributed by atoms with Gasteiger partial charge in [-0.3, -0.25) is 4.98 Å². The Balaban J connectivity index is 2.69. The summed E-state index contributed by atoms with van der Waals surface area (Å²) in [6, 6.07) is 7.41. The van der Waals surface area contributed by atoms with Gasteiger partial charge in [0.05, 0.1) is 17.9 Å². The summed E-state index contributed by atoms with van der Waals surface area (Å²) in [7, 11) is 0. The molecule has 0 amide bonds. The van der Waals surface area contributed by atoms with Gasteiger partial charge in [0.15, 0.2) is 0 Å². The molecular weight excluding hydrogens is 164 g/mol. The van der Waals surface area contributed by atoms with Gasteiger partial charge < -0.3 is 5.11 Å². The Kier molecular flexibility index (Phi) is 3.41. The van der Waals surface area contributed by atoms with E-state index in [2.05, 4.69) is 4.98 Å². The zero-order valence-corrected chi connectivity index (χ0v) is 7.51. The highest BCUT2D eigenvalue weighted by molar-refractivity contribution is 5.07. The number of hydrogen-bond donors (Lipinski definition) is 1. The third-order valence-electron chi connectivity index (χ3n) is 1.94. The molecule has 1 aromatic heterocycles. The second-order valence-corrected chi connectivity index (χ2v) is 3.04. The van der Waals surface area contributed by atoms with Crippen molar-refractivity contribution in [2.45, 2.75) is 19.4 Å². The topological polar surface area (TPSA) is 56.9 Å². The largest absolute Gasteiger partial charge is 0.386 e. The van der Waals surface area contributed by atoms with Crippen LogP contribution in [0.1, 0.15) is 25.1 Å². The predicted octanol–water partition coefficient (Wildman–Crippen LogP) is 1.66. The third-order valence-corrected chi connectivity index (χ3v) is 1.94. The first-order valence-electron chi connectivity index (χ1n) is 4.21. The lowest BCUT2D eigenvalue weighted by Crippen LogP contribution is -2.09. The van der Waals surface area contributed by atoms with Crippen LogP contribution in [-0.4, -0.2) is 10.1 Å². The lowest BCUT2D eigenvalue weighted by Gasteiger charge is -2.14. The average Bonchev–Trinajstić information content (AvgIpc) is 2.18. The summed E-state index contributed by atoms with van der Waals surface area (Å²) < 4.78 is 0. The molecule has 3 heteroatoms. The summed E-state index contributed by atoms with van der Waals surface area (Å²) in [5.74, 6) is -0.0695. The van der Waals surface area contributed by atoms with Crippen LogP contribution >= 0.6 is 0 Å². The smallest absolute Gasteiger partial charge is 0.0994 e. The number of nitrogens with zero attached hydrogens (tertiary/aromatic N) is 2. The number of pyridine rings is 1. The number of rotatable bonds is 3. The molecule has 0 saturated carbocycles. The first-order valence-corrected chi connectivity index (χ1v) is 4.21. The Labute approximate surface area is 77.7 Å². The van der Waals surface area contributed by atoms with Gasteiger partial charge in [0.2, 0.25) is 0 Å². The van der Waals surface area contributed by atoms with Gasteiger partial charge in [-0.05, 0) is 12.1 Å². The molecule has 1 N–H and O–H groups in total. The lowest BCUT2D eigenvalue weighted by molar-refractivity contribution is 0.115. The molecule has 0 aliphatic rings. The van der Waals surface area contributed by atoms with Crippen molar-refractivity contribution in [3.05, 3.63) is 30.1 Å². The van der Waals surface area contributed by atoms with Crippen molar-refractivity contribution >= 4 is 0 Å². The highest BCUT2D eigenvalue weighted by Gasteiger charge is 2.16. The average molecular weight is 176 g/mol. The monoisotopic (exact) mass is 176 g/mol. The van der Waals surface area contributed by atoms with Crippen molar-refractivity contribution in [3.63, 3.8) is 0 Å². The number of aromatic nitrogens is 1. The van der Waals surface area contributed by atoms with Crippen molar-refractivity contribution in [1.82, 2.24) is 4.98 Å². The van der Waals surface area contributed by atoms with Gasteiger partial charge in [0.1, 0.15) is 0 Å². The van der Waals surface area contributed by atoms with Crippen LogP contribution in [-0.2, 0) is 0 Å². The highest BCUT2D eigenvalue weighted by Crippen LogP contribution is 2.21. The van der Waals surface area contributed by atoms with Gasteiger partial charge in [-0.15, -0.1) is 0 Å². The zero-order chi connectivity index (χ0) is 9.68. The van der Waals surface area contributed by atoms with Crippen LogP contribution in [0, 0.1) is 17.2 Å². The summed E-state index contributed by atoms with van der Waals surface area (Å²) in [5, 5.41) is 18.2. The van der Waals surface area contributed by atoms with E-state index in [1.165, 1.54) is 0 Å². The molecule has 0 fully saturated rings. The Bertz CT molecular complexity index is 292.